The van der Waals surface area contributed by atoms with Crippen molar-refractivity contribution in [2.45, 2.75) is 38.1 Å². The van der Waals surface area contributed by atoms with Crippen molar-refractivity contribution in [2.75, 3.05) is 5.32 Å². The van der Waals surface area contributed by atoms with Crippen LogP contribution in [-0.4, -0.2) is 11.0 Å². The maximum atomic E-state index is 11.4. The van der Waals surface area contributed by atoms with Gasteiger partial charge >= 0.3 is 0 Å². The number of anilines is 1. The van der Waals surface area contributed by atoms with Crippen LogP contribution in [-0.2, 0) is 0 Å². The highest BCUT2D eigenvalue weighted by atomic mass is 79.9. The smallest absolute Gasteiger partial charge is 0.294 e. The lowest BCUT2D eigenvalue weighted by Gasteiger charge is -2.24. The summed E-state index contributed by atoms with van der Waals surface area (Å²) >= 11 is 3.44. The molecule has 0 aliphatic heterocycles. The van der Waals surface area contributed by atoms with Gasteiger partial charge in [-0.1, -0.05) is 43.5 Å². The van der Waals surface area contributed by atoms with E-state index >= 15 is 0 Å². The van der Waals surface area contributed by atoms with E-state index in [2.05, 4.69) is 21.2 Å². The van der Waals surface area contributed by atoms with Crippen molar-refractivity contribution < 1.29 is 4.92 Å². The van der Waals surface area contributed by atoms with E-state index in [0.29, 0.717) is 11.7 Å². The number of nitro benzene ring substituents is 1. The minimum atomic E-state index is -0.303. The first-order valence-corrected chi connectivity index (χ1v) is 8.08. The molecule has 5 heteroatoms. The average molecular weight is 349 g/mol. The average Bonchev–Trinajstić information content (AvgIpc) is 2.51. The van der Waals surface area contributed by atoms with Crippen LogP contribution in [0.3, 0.4) is 0 Å². The molecule has 1 N–H and O–H groups in total. The molecule has 0 bridgehead atoms. The first kappa shape index (κ1) is 14.3. The van der Waals surface area contributed by atoms with Crippen LogP contribution in [0.4, 0.5) is 11.4 Å². The Labute approximate surface area is 131 Å². The van der Waals surface area contributed by atoms with E-state index in [4.69, 9.17) is 0 Å². The van der Waals surface area contributed by atoms with Crippen LogP contribution >= 0.6 is 15.9 Å². The molecule has 110 valence electrons. The topological polar surface area (TPSA) is 55.2 Å². The molecule has 1 fully saturated rings. The van der Waals surface area contributed by atoms with Gasteiger partial charge in [-0.2, -0.15) is 0 Å². The Hall–Kier alpha value is -1.62. The van der Waals surface area contributed by atoms with E-state index in [0.717, 1.165) is 28.1 Å². The molecule has 2 aromatic rings. The first-order valence-electron chi connectivity index (χ1n) is 7.29. The number of hydrogen-bond donors (Lipinski definition) is 1. The third-order valence-corrected chi connectivity index (χ3v) is 4.78. The van der Waals surface area contributed by atoms with Gasteiger partial charge in [0.1, 0.15) is 5.69 Å². The Morgan fingerprint density at radius 2 is 1.81 bits per heavy atom. The Bertz CT molecular complexity index is 681. The molecule has 0 radical (unpaired) electrons. The van der Waals surface area contributed by atoms with Gasteiger partial charge in [-0.15, -0.1) is 0 Å². The molecule has 0 aromatic heterocycles. The molecule has 0 unspecified atom stereocenters. The van der Waals surface area contributed by atoms with Gasteiger partial charge in [0.25, 0.3) is 5.69 Å². The largest absolute Gasteiger partial charge is 0.376 e. The summed E-state index contributed by atoms with van der Waals surface area (Å²) in [6.45, 7) is 0. The molecule has 3 rings (SSSR count). The molecule has 0 heterocycles. The van der Waals surface area contributed by atoms with E-state index in [1.54, 1.807) is 6.07 Å². The number of nitro groups is 1. The van der Waals surface area contributed by atoms with E-state index in [-0.39, 0.29) is 10.6 Å². The summed E-state index contributed by atoms with van der Waals surface area (Å²) in [4.78, 5) is 11.1. The molecule has 1 aliphatic rings. The van der Waals surface area contributed by atoms with Gasteiger partial charge in [0, 0.05) is 22.0 Å². The van der Waals surface area contributed by atoms with Crippen LogP contribution in [0.5, 0.6) is 0 Å². The summed E-state index contributed by atoms with van der Waals surface area (Å²) in [5, 5.41) is 16.8. The number of halogens is 1. The number of nitrogens with one attached hydrogen (secondary N) is 1. The van der Waals surface area contributed by atoms with Gasteiger partial charge in [0.05, 0.1) is 4.92 Å². The monoisotopic (exact) mass is 348 g/mol. The highest BCUT2D eigenvalue weighted by molar-refractivity contribution is 9.10. The quantitative estimate of drug-likeness (QED) is 0.608. The standard InChI is InChI=1S/C16H17BrN2O2/c17-14-10-15(19(20)21)16(13-9-5-4-8-12(13)14)18-11-6-2-1-3-7-11/h4-5,8-11,18H,1-3,6-7H2. The van der Waals surface area contributed by atoms with Crippen molar-refractivity contribution in [3.05, 3.63) is 44.9 Å². The van der Waals surface area contributed by atoms with Crippen LogP contribution in [0, 0.1) is 10.1 Å². The molecule has 21 heavy (non-hydrogen) atoms. The number of nitrogens with zero attached hydrogens (tertiary/aromatic N) is 1. The third kappa shape index (κ3) is 2.88. The fourth-order valence-corrected chi connectivity index (χ4v) is 3.63. The minimum Gasteiger partial charge on any atom is -0.376 e. The highest BCUT2D eigenvalue weighted by Gasteiger charge is 2.22. The summed E-state index contributed by atoms with van der Waals surface area (Å²) in [6, 6.07) is 9.73. The van der Waals surface area contributed by atoms with Gasteiger partial charge in [-0.3, -0.25) is 10.1 Å². The molecule has 0 amide bonds. The van der Waals surface area contributed by atoms with Crippen molar-refractivity contribution in [1.82, 2.24) is 0 Å². The molecular weight excluding hydrogens is 332 g/mol. The van der Waals surface area contributed by atoms with E-state index in [1.807, 2.05) is 24.3 Å². The van der Waals surface area contributed by atoms with Crippen molar-refractivity contribution >= 4 is 38.1 Å². The Morgan fingerprint density at radius 3 is 2.48 bits per heavy atom. The second kappa shape index (κ2) is 6.02. The van der Waals surface area contributed by atoms with E-state index in [1.165, 1.54) is 19.3 Å². The fraction of sp³-hybridized carbons (Fsp3) is 0.375. The lowest BCUT2D eigenvalue weighted by molar-refractivity contribution is -0.383. The predicted octanol–water partition coefficient (Wildman–Crippen LogP) is 5.26. The summed E-state index contributed by atoms with van der Waals surface area (Å²) in [5.41, 5.74) is 0.803. The van der Waals surface area contributed by atoms with Gasteiger partial charge in [0.2, 0.25) is 0 Å². The summed E-state index contributed by atoms with van der Waals surface area (Å²) in [6.07, 6.45) is 5.82. The van der Waals surface area contributed by atoms with E-state index in [9.17, 15) is 10.1 Å². The fourth-order valence-electron chi connectivity index (χ4n) is 3.06. The number of benzene rings is 2. The van der Waals surface area contributed by atoms with Crippen molar-refractivity contribution in [3.8, 4) is 0 Å². The van der Waals surface area contributed by atoms with Crippen LogP contribution in [0.2, 0.25) is 0 Å². The van der Waals surface area contributed by atoms with Gasteiger partial charge < -0.3 is 5.32 Å². The van der Waals surface area contributed by atoms with Crippen molar-refractivity contribution in [3.63, 3.8) is 0 Å². The second-order valence-corrected chi connectivity index (χ2v) is 6.39. The first-order chi connectivity index (χ1) is 10.2. The number of hydrogen-bond acceptors (Lipinski definition) is 3. The number of fused-ring (bicyclic) bond motifs is 1. The Kier molecular flexibility index (Phi) is 4.10. The number of rotatable bonds is 3. The molecule has 0 saturated heterocycles. The maximum Gasteiger partial charge on any atom is 0.294 e. The zero-order valence-electron chi connectivity index (χ0n) is 11.6. The SMILES string of the molecule is O=[N+]([O-])c1cc(Br)c2ccccc2c1NC1CCCCC1. The predicted molar refractivity (Wildman–Crippen MR) is 88.8 cm³/mol. The molecule has 0 atom stereocenters. The van der Waals surface area contributed by atoms with Crippen molar-refractivity contribution in [2.24, 2.45) is 0 Å². The lowest BCUT2D eigenvalue weighted by atomic mass is 9.94. The van der Waals surface area contributed by atoms with Gasteiger partial charge in [-0.05, 0) is 34.2 Å². The molecular formula is C16H17BrN2O2. The molecule has 0 spiro atoms. The summed E-state index contributed by atoms with van der Waals surface area (Å²) in [7, 11) is 0. The minimum absolute atomic E-state index is 0.145. The van der Waals surface area contributed by atoms with Crippen LogP contribution in [0.1, 0.15) is 32.1 Å². The van der Waals surface area contributed by atoms with Gasteiger partial charge in [0.15, 0.2) is 0 Å². The highest BCUT2D eigenvalue weighted by Crippen LogP contribution is 2.39. The normalized spacial score (nSPS) is 16.0. The van der Waals surface area contributed by atoms with Crippen LogP contribution < -0.4 is 5.32 Å². The van der Waals surface area contributed by atoms with Crippen LogP contribution in [0.15, 0.2) is 34.8 Å². The molecule has 1 aliphatic carbocycles. The third-order valence-electron chi connectivity index (χ3n) is 4.12. The zero-order valence-corrected chi connectivity index (χ0v) is 13.2. The van der Waals surface area contributed by atoms with Crippen molar-refractivity contribution in [1.29, 1.82) is 0 Å². The second-order valence-electron chi connectivity index (χ2n) is 5.53. The maximum absolute atomic E-state index is 11.4. The van der Waals surface area contributed by atoms with E-state index < -0.39 is 0 Å². The Morgan fingerprint density at radius 1 is 1.14 bits per heavy atom. The molecule has 4 nitrogen and oxygen atoms in total. The lowest BCUT2D eigenvalue weighted by Crippen LogP contribution is -2.22. The molecule has 2 aromatic carbocycles. The van der Waals surface area contributed by atoms with Crippen LogP contribution in [0.25, 0.3) is 10.8 Å². The van der Waals surface area contributed by atoms with Gasteiger partial charge in [-0.25, -0.2) is 0 Å². The summed E-state index contributed by atoms with van der Waals surface area (Å²) in [5.74, 6) is 0. The Balaban J connectivity index is 2.10. The summed E-state index contributed by atoms with van der Waals surface area (Å²) < 4.78 is 0.763. The molecule has 1 saturated carbocycles. The zero-order chi connectivity index (χ0) is 14.8.